The third-order valence-electron chi connectivity index (χ3n) is 3.48. The zero-order valence-corrected chi connectivity index (χ0v) is 9.98. The van der Waals surface area contributed by atoms with E-state index in [0.29, 0.717) is 24.9 Å². The van der Waals surface area contributed by atoms with E-state index >= 15 is 0 Å². The highest BCUT2D eigenvalue weighted by atomic mass is 19.1. The molecule has 1 saturated carbocycles. The highest BCUT2D eigenvalue weighted by Crippen LogP contribution is 2.39. The van der Waals surface area contributed by atoms with Crippen molar-refractivity contribution >= 4 is 0 Å². The van der Waals surface area contributed by atoms with Crippen LogP contribution in [-0.2, 0) is 0 Å². The molecule has 0 unspecified atom stereocenters. The van der Waals surface area contributed by atoms with Gasteiger partial charge >= 0.3 is 0 Å². The number of nitrogens with one attached hydrogen (secondary N) is 1. The summed E-state index contributed by atoms with van der Waals surface area (Å²) in [5, 5.41) is 13.4. The van der Waals surface area contributed by atoms with E-state index in [2.05, 4.69) is 19.2 Å². The number of hydrogen-bond donors (Lipinski definition) is 2. The summed E-state index contributed by atoms with van der Waals surface area (Å²) >= 11 is 0. The molecule has 0 aromatic carbocycles. The van der Waals surface area contributed by atoms with E-state index < -0.39 is 5.60 Å². The van der Waals surface area contributed by atoms with Gasteiger partial charge in [0.1, 0.15) is 0 Å². The second kappa shape index (κ2) is 5.26. The van der Waals surface area contributed by atoms with Gasteiger partial charge < -0.3 is 10.4 Å². The Hall–Kier alpha value is -0.150. The molecule has 0 aromatic rings. The van der Waals surface area contributed by atoms with E-state index in [1.807, 2.05) is 0 Å². The normalized spacial score (nSPS) is 24.0. The first-order valence-corrected chi connectivity index (χ1v) is 5.97. The summed E-state index contributed by atoms with van der Waals surface area (Å²) in [7, 11) is 0. The minimum Gasteiger partial charge on any atom is -0.389 e. The lowest BCUT2D eigenvalue weighted by molar-refractivity contribution is -0.0242. The maximum Gasteiger partial charge on any atom is 0.0906 e. The first-order chi connectivity index (χ1) is 6.97. The SMILES string of the molecule is CC1(C)CCC(O)(CNCCCF)CC1. The predicted octanol–water partition coefficient (Wildman–Crippen LogP) is 2.27. The van der Waals surface area contributed by atoms with Crippen LogP contribution in [0.2, 0.25) is 0 Å². The molecule has 0 heterocycles. The van der Waals surface area contributed by atoms with Crippen molar-refractivity contribution in [2.75, 3.05) is 19.8 Å². The smallest absolute Gasteiger partial charge is 0.0906 e. The largest absolute Gasteiger partial charge is 0.389 e. The van der Waals surface area contributed by atoms with Gasteiger partial charge in [0.2, 0.25) is 0 Å². The average molecular weight is 217 g/mol. The molecule has 0 aromatic heterocycles. The fourth-order valence-corrected chi connectivity index (χ4v) is 2.08. The van der Waals surface area contributed by atoms with Crippen LogP contribution < -0.4 is 5.32 Å². The molecule has 1 rings (SSSR count). The Morgan fingerprint density at radius 3 is 2.33 bits per heavy atom. The van der Waals surface area contributed by atoms with Crippen molar-refractivity contribution in [1.82, 2.24) is 5.32 Å². The van der Waals surface area contributed by atoms with E-state index in [-0.39, 0.29) is 6.67 Å². The fraction of sp³-hybridized carbons (Fsp3) is 1.00. The van der Waals surface area contributed by atoms with Crippen LogP contribution in [0.15, 0.2) is 0 Å². The second-order valence-electron chi connectivity index (χ2n) is 5.61. The summed E-state index contributed by atoms with van der Waals surface area (Å²) in [6.07, 6.45) is 4.43. The standard InChI is InChI=1S/C12H24FNO/c1-11(2)4-6-12(15,7-5-11)10-14-9-3-8-13/h14-15H,3-10H2,1-2H3. The Bertz CT molecular complexity index is 184. The first kappa shape index (κ1) is 12.9. The van der Waals surface area contributed by atoms with Gasteiger partial charge in [-0.3, -0.25) is 4.39 Å². The van der Waals surface area contributed by atoms with Crippen molar-refractivity contribution in [3.8, 4) is 0 Å². The van der Waals surface area contributed by atoms with Gasteiger partial charge in [-0.1, -0.05) is 13.8 Å². The van der Waals surface area contributed by atoms with Crippen molar-refractivity contribution in [2.24, 2.45) is 5.41 Å². The summed E-state index contributed by atoms with van der Waals surface area (Å²) in [6, 6.07) is 0. The highest BCUT2D eigenvalue weighted by Gasteiger charge is 2.36. The number of halogens is 1. The lowest BCUT2D eigenvalue weighted by Crippen LogP contribution is -2.45. The summed E-state index contributed by atoms with van der Waals surface area (Å²) in [5.74, 6) is 0. The summed E-state index contributed by atoms with van der Waals surface area (Å²) < 4.78 is 11.9. The van der Waals surface area contributed by atoms with Crippen LogP contribution in [0, 0.1) is 5.41 Å². The van der Waals surface area contributed by atoms with E-state index in [4.69, 9.17) is 0 Å². The zero-order chi connectivity index (χ0) is 11.4. The molecule has 0 bridgehead atoms. The van der Waals surface area contributed by atoms with Gasteiger partial charge in [0, 0.05) is 6.54 Å². The third kappa shape index (κ3) is 4.47. The van der Waals surface area contributed by atoms with Crippen molar-refractivity contribution in [3.05, 3.63) is 0 Å². The van der Waals surface area contributed by atoms with Gasteiger partial charge in [-0.25, -0.2) is 0 Å². The molecule has 0 aliphatic heterocycles. The second-order valence-corrected chi connectivity index (χ2v) is 5.61. The maximum absolute atomic E-state index is 11.9. The van der Waals surface area contributed by atoms with E-state index in [9.17, 15) is 9.50 Å². The molecule has 0 atom stereocenters. The Kier molecular flexibility index (Phi) is 4.53. The first-order valence-electron chi connectivity index (χ1n) is 5.97. The molecule has 2 N–H and O–H groups in total. The quantitative estimate of drug-likeness (QED) is 0.692. The molecule has 0 spiro atoms. The molecule has 0 radical (unpaired) electrons. The molecule has 3 heteroatoms. The van der Waals surface area contributed by atoms with Gasteiger partial charge in [0.25, 0.3) is 0 Å². The molecule has 1 aliphatic rings. The average Bonchev–Trinajstić information content (AvgIpc) is 2.19. The third-order valence-corrected chi connectivity index (χ3v) is 3.48. The van der Waals surface area contributed by atoms with Gasteiger partial charge in [-0.05, 0) is 44.1 Å². The molecule has 15 heavy (non-hydrogen) atoms. The minimum atomic E-state index is -0.550. The van der Waals surface area contributed by atoms with Crippen LogP contribution in [0.3, 0.4) is 0 Å². The van der Waals surface area contributed by atoms with Crippen molar-refractivity contribution < 1.29 is 9.50 Å². The summed E-state index contributed by atoms with van der Waals surface area (Å²) in [6.45, 7) is 5.51. The van der Waals surface area contributed by atoms with E-state index in [0.717, 1.165) is 25.7 Å². The highest BCUT2D eigenvalue weighted by molar-refractivity contribution is 4.90. The lowest BCUT2D eigenvalue weighted by Gasteiger charge is -2.40. The van der Waals surface area contributed by atoms with Crippen LogP contribution in [0.1, 0.15) is 46.0 Å². The topological polar surface area (TPSA) is 32.3 Å². The van der Waals surface area contributed by atoms with Crippen LogP contribution in [-0.4, -0.2) is 30.5 Å². The van der Waals surface area contributed by atoms with Crippen LogP contribution in [0.25, 0.3) is 0 Å². The molecular formula is C12H24FNO. The van der Waals surface area contributed by atoms with Gasteiger partial charge in [0.05, 0.1) is 12.3 Å². The fourth-order valence-electron chi connectivity index (χ4n) is 2.08. The number of aliphatic hydroxyl groups is 1. The lowest BCUT2D eigenvalue weighted by atomic mass is 9.71. The molecular weight excluding hydrogens is 193 g/mol. The minimum absolute atomic E-state index is 0.279. The Balaban J connectivity index is 2.23. The van der Waals surface area contributed by atoms with Gasteiger partial charge in [-0.2, -0.15) is 0 Å². The molecule has 0 saturated heterocycles. The monoisotopic (exact) mass is 217 g/mol. The van der Waals surface area contributed by atoms with Crippen molar-refractivity contribution in [2.45, 2.75) is 51.6 Å². The van der Waals surface area contributed by atoms with Crippen molar-refractivity contribution in [1.29, 1.82) is 0 Å². The molecule has 90 valence electrons. The Labute approximate surface area is 92.3 Å². The predicted molar refractivity (Wildman–Crippen MR) is 60.7 cm³/mol. The number of rotatable bonds is 5. The molecule has 1 aliphatic carbocycles. The number of alkyl halides is 1. The summed E-state index contributed by atoms with van der Waals surface area (Å²) in [5.41, 5.74) is -0.170. The van der Waals surface area contributed by atoms with Crippen molar-refractivity contribution in [3.63, 3.8) is 0 Å². The molecule has 1 fully saturated rings. The van der Waals surface area contributed by atoms with E-state index in [1.165, 1.54) is 0 Å². The zero-order valence-electron chi connectivity index (χ0n) is 9.98. The molecule has 2 nitrogen and oxygen atoms in total. The van der Waals surface area contributed by atoms with Gasteiger partial charge in [-0.15, -0.1) is 0 Å². The Morgan fingerprint density at radius 2 is 1.80 bits per heavy atom. The number of hydrogen-bond acceptors (Lipinski definition) is 2. The van der Waals surface area contributed by atoms with Crippen LogP contribution in [0.5, 0.6) is 0 Å². The van der Waals surface area contributed by atoms with Crippen LogP contribution >= 0.6 is 0 Å². The van der Waals surface area contributed by atoms with E-state index in [1.54, 1.807) is 0 Å². The molecule has 0 amide bonds. The maximum atomic E-state index is 11.9. The van der Waals surface area contributed by atoms with Crippen LogP contribution in [0.4, 0.5) is 4.39 Å². The summed E-state index contributed by atoms with van der Waals surface area (Å²) in [4.78, 5) is 0. The van der Waals surface area contributed by atoms with Gasteiger partial charge in [0.15, 0.2) is 0 Å². The Morgan fingerprint density at radius 1 is 1.20 bits per heavy atom.